The van der Waals surface area contributed by atoms with Crippen molar-refractivity contribution in [2.45, 2.75) is 0 Å². The van der Waals surface area contributed by atoms with Crippen LogP contribution < -0.4 is 5.73 Å². The molecule has 0 spiro atoms. The van der Waals surface area contributed by atoms with Crippen LogP contribution in [0.5, 0.6) is 0 Å². The number of nitrogens with two attached hydrogens (primary N) is 1. The SMILES string of the molecule is Nc1c(C(=O)O)cc(Br)c2ccccc12. The van der Waals surface area contributed by atoms with Crippen LogP contribution in [0.2, 0.25) is 0 Å². The average Bonchev–Trinajstić information content (AvgIpc) is 2.23. The van der Waals surface area contributed by atoms with Crippen molar-refractivity contribution in [3.8, 4) is 0 Å². The molecular weight excluding hydrogens is 258 g/mol. The molecule has 0 unspecified atom stereocenters. The van der Waals surface area contributed by atoms with Gasteiger partial charge in [-0.05, 0) is 11.5 Å². The summed E-state index contributed by atoms with van der Waals surface area (Å²) in [5.41, 5.74) is 6.22. The molecule has 2 aromatic rings. The van der Waals surface area contributed by atoms with E-state index in [0.717, 1.165) is 15.2 Å². The number of fused-ring (bicyclic) bond motifs is 1. The molecule has 4 heteroatoms. The Hall–Kier alpha value is -1.55. The summed E-state index contributed by atoms with van der Waals surface area (Å²) in [5.74, 6) is -1.01. The third kappa shape index (κ3) is 1.57. The zero-order valence-electron chi connectivity index (χ0n) is 7.70. The zero-order valence-corrected chi connectivity index (χ0v) is 9.28. The molecule has 0 saturated carbocycles. The first-order valence-electron chi connectivity index (χ1n) is 4.31. The van der Waals surface area contributed by atoms with E-state index >= 15 is 0 Å². The van der Waals surface area contributed by atoms with E-state index < -0.39 is 5.97 Å². The fourth-order valence-electron chi connectivity index (χ4n) is 1.53. The van der Waals surface area contributed by atoms with Crippen LogP contribution in [0.4, 0.5) is 5.69 Å². The van der Waals surface area contributed by atoms with E-state index in [0.29, 0.717) is 5.69 Å². The molecule has 0 aliphatic carbocycles. The van der Waals surface area contributed by atoms with Crippen molar-refractivity contribution in [1.82, 2.24) is 0 Å². The average molecular weight is 266 g/mol. The maximum atomic E-state index is 10.9. The molecule has 0 atom stereocenters. The molecule has 76 valence electrons. The summed E-state index contributed by atoms with van der Waals surface area (Å²) in [6, 6.07) is 8.94. The number of rotatable bonds is 1. The number of halogens is 1. The Morgan fingerprint density at radius 2 is 1.87 bits per heavy atom. The van der Waals surface area contributed by atoms with E-state index in [2.05, 4.69) is 15.9 Å². The molecule has 0 aromatic heterocycles. The number of anilines is 1. The Bertz CT molecular complexity index is 552. The fourth-order valence-corrected chi connectivity index (χ4v) is 2.11. The summed E-state index contributed by atoms with van der Waals surface area (Å²) in [6.45, 7) is 0. The maximum absolute atomic E-state index is 10.9. The second-order valence-electron chi connectivity index (χ2n) is 3.17. The summed E-state index contributed by atoms with van der Waals surface area (Å²) < 4.78 is 0.740. The number of carbonyl (C=O) groups is 1. The second-order valence-corrected chi connectivity index (χ2v) is 4.02. The highest BCUT2D eigenvalue weighted by molar-refractivity contribution is 9.10. The molecule has 0 heterocycles. The molecule has 2 aromatic carbocycles. The van der Waals surface area contributed by atoms with Crippen molar-refractivity contribution < 1.29 is 9.90 Å². The van der Waals surface area contributed by atoms with Gasteiger partial charge in [0.2, 0.25) is 0 Å². The minimum atomic E-state index is -1.01. The quantitative estimate of drug-likeness (QED) is 0.780. The van der Waals surface area contributed by atoms with Gasteiger partial charge >= 0.3 is 5.97 Å². The summed E-state index contributed by atoms with van der Waals surface area (Å²) >= 11 is 3.33. The number of carboxylic acids is 1. The minimum absolute atomic E-state index is 0.126. The summed E-state index contributed by atoms with van der Waals surface area (Å²) in [5, 5.41) is 10.6. The third-order valence-electron chi connectivity index (χ3n) is 2.27. The lowest BCUT2D eigenvalue weighted by molar-refractivity contribution is 0.0698. The lowest BCUT2D eigenvalue weighted by Gasteiger charge is -2.07. The first-order valence-corrected chi connectivity index (χ1v) is 5.10. The number of benzene rings is 2. The van der Waals surface area contributed by atoms with Crippen LogP contribution in [0.1, 0.15) is 10.4 Å². The van der Waals surface area contributed by atoms with Crippen LogP contribution in [-0.4, -0.2) is 11.1 Å². The van der Waals surface area contributed by atoms with Crippen LogP contribution >= 0.6 is 15.9 Å². The van der Waals surface area contributed by atoms with E-state index in [4.69, 9.17) is 10.8 Å². The molecule has 0 bridgehead atoms. The Labute approximate surface area is 94.6 Å². The highest BCUT2D eigenvalue weighted by atomic mass is 79.9. The van der Waals surface area contributed by atoms with Crippen LogP contribution in [0.3, 0.4) is 0 Å². The molecule has 3 nitrogen and oxygen atoms in total. The molecule has 0 aliphatic rings. The van der Waals surface area contributed by atoms with Crippen molar-refractivity contribution in [2.75, 3.05) is 5.73 Å². The van der Waals surface area contributed by atoms with Gasteiger partial charge in [-0.3, -0.25) is 0 Å². The van der Waals surface area contributed by atoms with Crippen LogP contribution in [0.25, 0.3) is 10.8 Å². The first kappa shape index (κ1) is 9.98. The van der Waals surface area contributed by atoms with Crippen molar-refractivity contribution in [2.24, 2.45) is 0 Å². The van der Waals surface area contributed by atoms with Crippen LogP contribution in [0, 0.1) is 0 Å². The van der Waals surface area contributed by atoms with Gasteiger partial charge in [-0.25, -0.2) is 4.79 Å². The number of hydrogen-bond acceptors (Lipinski definition) is 2. The number of hydrogen-bond donors (Lipinski definition) is 2. The Morgan fingerprint density at radius 3 is 2.47 bits per heavy atom. The molecule has 0 fully saturated rings. The molecule has 3 N–H and O–H groups in total. The van der Waals surface area contributed by atoms with Gasteiger partial charge in [0.15, 0.2) is 0 Å². The Kier molecular flexibility index (Phi) is 2.36. The Morgan fingerprint density at radius 1 is 1.27 bits per heavy atom. The topological polar surface area (TPSA) is 63.3 Å². The van der Waals surface area contributed by atoms with Gasteiger partial charge in [0.05, 0.1) is 11.3 Å². The van der Waals surface area contributed by atoms with Gasteiger partial charge in [0, 0.05) is 9.86 Å². The first-order chi connectivity index (χ1) is 7.11. The molecule has 15 heavy (non-hydrogen) atoms. The van der Waals surface area contributed by atoms with Crippen molar-refractivity contribution in [3.63, 3.8) is 0 Å². The summed E-state index contributed by atoms with van der Waals surface area (Å²) in [4.78, 5) is 10.9. The van der Waals surface area contributed by atoms with Crippen molar-refractivity contribution in [1.29, 1.82) is 0 Å². The standard InChI is InChI=1S/C11H8BrNO2/c12-9-5-8(11(14)15)10(13)7-4-2-1-3-6(7)9/h1-5H,13H2,(H,14,15). The number of aromatic carboxylic acids is 1. The lowest BCUT2D eigenvalue weighted by atomic mass is 10.0. The van der Waals surface area contributed by atoms with E-state index in [1.807, 2.05) is 24.3 Å². The zero-order chi connectivity index (χ0) is 11.0. The van der Waals surface area contributed by atoms with Gasteiger partial charge in [0.25, 0.3) is 0 Å². The van der Waals surface area contributed by atoms with Gasteiger partial charge in [-0.2, -0.15) is 0 Å². The third-order valence-corrected chi connectivity index (χ3v) is 2.92. The monoisotopic (exact) mass is 265 g/mol. The van der Waals surface area contributed by atoms with Gasteiger partial charge in [-0.1, -0.05) is 40.2 Å². The Balaban J connectivity index is 2.90. The molecular formula is C11H8BrNO2. The van der Waals surface area contributed by atoms with Crippen LogP contribution in [-0.2, 0) is 0 Å². The second kappa shape index (κ2) is 3.55. The fraction of sp³-hybridized carbons (Fsp3) is 0. The van der Waals surface area contributed by atoms with E-state index in [1.165, 1.54) is 6.07 Å². The molecule has 2 rings (SSSR count). The maximum Gasteiger partial charge on any atom is 0.337 e. The molecule has 0 saturated heterocycles. The van der Waals surface area contributed by atoms with Gasteiger partial charge in [-0.15, -0.1) is 0 Å². The van der Waals surface area contributed by atoms with Crippen LogP contribution in [0.15, 0.2) is 34.8 Å². The molecule has 0 radical (unpaired) electrons. The van der Waals surface area contributed by atoms with Crippen molar-refractivity contribution in [3.05, 3.63) is 40.4 Å². The van der Waals surface area contributed by atoms with Gasteiger partial charge in [0.1, 0.15) is 0 Å². The molecule has 0 amide bonds. The van der Waals surface area contributed by atoms with Crippen molar-refractivity contribution >= 4 is 38.4 Å². The highest BCUT2D eigenvalue weighted by Gasteiger charge is 2.12. The largest absolute Gasteiger partial charge is 0.478 e. The number of nitrogen functional groups attached to an aromatic ring is 1. The normalized spacial score (nSPS) is 10.5. The van der Waals surface area contributed by atoms with E-state index in [9.17, 15) is 4.79 Å². The lowest BCUT2D eigenvalue weighted by Crippen LogP contribution is -2.03. The molecule has 0 aliphatic heterocycles. The minimum Gasteiger partial charge on any atom is -0.478 e. The number of carboxylic acid groups (broad SMARTS) is 1. The van der Waals surface area contributed by atoms with E-state index in [1.54, 1.807) is 0 Å². The predicted octanol–water partition coefficient (Wildman–Crippen LogP) is 2.88. The summed E-state index contributed by atoms with van der Waals surface area (Å²) in [6.07, 6.45) is 0. The smallest absolute Gasteiger partial charge is 0.337 e. The van der Waals surface area contributed by atoms with E-state index in [-0.39, 0.29) is 5.56 Å². The predicted molar refractivity (Wildman–Crippen MR) is 63.0 cm³/mol. The van der Waals surface area contributed by atoms with Gasteiger partial charge < -0.3 is 10.8 Å². The highest BCUT2D eigenvalue weighted by Crippen LogP contribution is 2.31. The summed E-state index contributed by atoms with van der Waals surface area (Å²) in [7, 11) is 0.